The molecule has 23 heavy (non-hydrogen) atoms. The topological polar surface area (TPSA) is 22.4 Å². The first-order valence-electron chi connectivity index (χ1n) is 8.38. The highest BCUT2D eigenvalue weighted by molar-refractivity contribution is 5.69. The van der Waals surface area contributed by atoms with Gasteiger partial charge in [0.05, 0.1) is 6.61 Å². The summed E-state index contributed by atoms with van der Waals surface area (Å²) in [6.07, 6.45) is 4.45. The molecule has 1 aliphatic carbocycles. The Morgan fingerprint density at radius 3 is 2.78 bits per heavy atom. The van der Waals surface area contributed by atoms with Crippen molar-refractivity contribution in [2.45, 2.75) is 38.2 Å². The Kier molecular flexibility index (Phi) is 3.50. The van der Waals surface area contributed by atoms with E-state index >= 15 is 0 Å². The Bertz CT molecular complexity index is 829. The minimum Gasteiger partial charge on any atom is -0.457 e. The third-order valence-electron chi connectivity index (χ3n) is 4.86. The largest absolute Gasteiger partial charge is 0.457 e. The molecule has 2 bridgehead atoms. The van der Waals surface area contributed by atoms with E-state index in [1.165, 1.54) is 23.1 Å². The van der Waals surface area contributed by atoms with Crippen LogP contribution in [0.2, 0.25) is 0 Å². The van der Waals surface area contributed by atoms with Gasteiger partial charge in [0.15, 0.2) is 0 Å². The van der Waals surface area contributed by atoms with Gasteiger partial charge in [-0.1, -0.05) is 36.4 Å². The highest BCUT2D eigenvalue weighted by Crippen LogP contribution is 2.46. The quantitative estimate of drug-likeness (QED) is 0.473. The second-order valence-corrected chi connectivity index (χ2v) is 6.70. The van der Waals surface area contributed by atoms with Crippen LogP contribution < -0.4 is 0 Å². The average molecular weight is 306 g/mol. The van der Waals surface area contributed by atoms with Crippen molar-refractivity contribution in [1.29, 1.82) is 0 Å². The Morgan fingerprint density at radius 1 is 1.17 bits per heavy atom. The highest BCUT2D eigenvalue weighted by atomic mass is 16.5. The molecule has 1 unspecified atom stereocenters. The van der Waals surface area contributed by atoms with Crippen molar-refractivity contribution in [3.05, 3.63) is 71.3 Å². The lowest BCUT2D eigenvalue weighted by Gasteiger charge is -2.34. The summed E-state index contributed by atoms with van der Waals surface area (Å²) in [7, 11) is 0. The van der Waals surface area contributed by atoms with Crippen molar-refractivity contribution in [3.63, 3.8) is 0 Å². The third-order valence-corrected chi connectivity index (χ3v) is 4.86. The van der Waals surface area contributed by atoms with Gasteiger partial charge in [0.1, 0.15) is 16.8 Å². The van der Waals surface area contributed by atoms with Gasteiger partial charge in [-0.25, -0.2) is 0 Å². The van der Waals surface area contributed by atoms with Gasteiger partial charge in [0, 0.05) is 5.56 Å². The first-order valence-corrected chi connectivity index (χ1v) is 8.38. The molecule has 1 atom stereocenters. The smallest absolute Gasteiger partial charge is 0.134 e. The average Bonchev–Trinajstić information content (AvgIpc) is 3.13. The number of hydrogen-bond acceptors (Lipinski definition) is 2. The molecular formula is C21H22O2. The molecule has 3 aromatic rings. The van der Waals surface area contributed by atoms with Gasteiger partial charge in [0.2, 0.25) is 0 Å². The number of benzene rings is 2. The summed E-state index contributed by atoms with van der Waals surface area (Å²) in [4.78, 5) is 0. The maximum absolute atomic E-state index is 6.56. The van der Waals surface area contributed by atoms with Gasteiger partial charge in [-0.05, 0) is 61.9 Å². The second kappa shape index (κ2) is 5.54. The molecule has 2 aromatic heterocycles. The lowest BCUT2D eigenvalue weighted by Crippen LogP contribution is -2.32. The zero-order valence-corrected chi connectivity index (χ0v) is 13.6. The van der Waals surface area contributed by atoms with Crippen LogP contribution in [0.5, 0.6) is 0 Å². The molecule has 0 spiro atoms. The van der Waals surface area contributed by atoms with E-state index in [1.807, 2.05) is 13.0 Å². The van der Waals surface area contributed by atoms with E-state index in [4.69, 9.17) is 9.15 Å². The Balaban J connectivity index is 1.91. The van der Waals surface area contributed by atoms with Gasteiger partial charge < -0.3 is 9.15 Å². The SMILES string of the molecule is C=C(C)COC1(c2cc3ccc2o3)CCCCc2ccccc21. The Hall–Kier alpha value is -2.06. The summed E-state index contributed by atoms with van der Waals surface area (Å²) < 4.78 is 12.4. The van der Waals surface area contributed by atoms with Gasteiger partial charge >= 0.3 is 0 Å². The first kappa shape index (κ1) is 14.5. The molecule has 118 valence electrons. The minimum atomic E-state index is -0.423. The molecule has 0 N–H and O–H groups in total. The lowest BCUT2D eigenvalue weighted by atomic mass is 9.81. The Morgan fingerprint density at radius 2 is 2.04 bits per heavy atom. The molecule has 0 saturated heterocycles. The number of fused-ring (bicyclic) bond motifs is 3. The molecule has 2 heteroatoms. The standard InChI is InChI=1S/C21H22O2/c1-15(2)14-22-21(19-13-17-10-11-20(19)23-17)12-6-5-8-16-7-3-4-9-18(16)21/h3-4,7,9-11,13H,1,5-6,8,12,14H2,2H3. The third kappa shape index (κ3) is 2.38. The van der Waals surface area contributed by atoms with Crippen LogP contribution in [0.25, 0.3) is 11.2 Å². The fraction of sp³-hybridized carbons (Fsp3) is 0.333. The van der Waals surface area contributed by atoms with Gasteiger partial charge in [-0.2, -0.15) is 0 Å². The van der Waals surface area contributed by atoms with Gasteiger partial charge in [-0.15, -0.1) is 0 Å². The highest BCUT2D eigenvalue weighted by Gasteiger charge is 2.40. The first-order chi connectivity index (χ1) is 11.2. The van der Waals surface area contributed by atoms with Crippen LogP contribution >= 0.6 is 0 Å². The Labute approximate surface area is 137 Å². The summed E-state index contributed by atoms with van der Waals surface area (Å²) in [6.45, 7) is 6.61. The van der Waals surface area contributed by atoms with Crippen molar-refractivity contribution < 1.29 is 9.15 Å². The summed E-state index contributed by atoms with van der Waals surface area (Å²) in [5.74, 6) is 0. The molecule has 1 aromatic carbocycles. The number of ether oxygens (including phenoxy) is 1. The molecule has 4 rings (SSSR count). The number of aryl methyl sites for hydroxylation is 1. The van der Waals surface area contributed by atoms with E-state index in [1.54, 1.807) is 0 Å². The summed E-state index contributed by atoms with van der Waals surface area (Å²) in [6, 6.07) is 14.9. The van der Waals surface area contributed by atoms with E-state index in [2.05, 4.69) is 43.0 Å². The van der Waals surface area contributed by atoms with Crippen molar-refractivity contribution >= 4 is 11.2 Å². The van der Waals surface area contributed by atoms with Crippen LogP contribution in [0, 0.1) is 0 Å². The molecule has 2 nitrogen and oxygen atoms in total. The molecule has 0 amide bonds. The maximum Gasteiger partial charge on any atom is 0.134 e. The van der Waals surface area contributed by atoms with Crippen LogP contribution in [0.3, 0.4) is 0 Å². The second-order valence-electron chi connectivity index (χ2n) is 6.70. The van der Waals surface area contributed by atoms with E-state index in [0.717, 1.165) is 36.0 Å². The van der Waals surface area contributed by atoms with E-state index in [-0.39, 0.29) is 0 Å². The van der Waals surface area contributed by atoms with Crippen LogP contribution in [-0.2, 0) is 16.8 Å². The summed E-state index contributed by atoms with van der Waals surface area (Å²) >= 11 is 0. The van der Waals surface area contributed by atoms with Crippen molar-refractivity contribution in [2.75, 3.05) is 6.61 Å². The molecule has 0 radical (unpaired) electrons. The number of furan rings is 2. The monoisotopic (exact) mass is 306 g/mol. The van der Waals surface area contributed by atoms with Crippen LogP contribution in [0.15, 0.2) is 59.0 Å². The van der Waals surface area contributed by atoms with E-state index in [9.17, 15) is 0 Å². The molecule has 1 aliphatic rings. The van der Waals surface area contributed by atoms with Gasteiger partial charge in [-0.3, -0.25) is 0 Å². The fourth-order valence-electron chi connectivity index (χ4n) is 3.81. The fourth-order valence-corrected chi connectivity index (χ4v) is 3.81. The molecule has 0 saturated carbocycles. The minimum absolute atomic E-state index is 0.423. The molecule has 0 fully saturated rings. The summed E-state index contributed by atoms with van der Waals surface area (Å²) in [5, 5.41) is 0. The maximum atomic E-state index is 6.56. The molecular weight excluding hydrogens is 284 g/mol. The van der Waals surface area contributed by atoms with Crippen molar-refractivity contribution in [1.82, 2.24) is 0 Å². The predicted molar refractivity (Wildman–Crippen MR) is 92.9 cm³/mol. The molecule has 2 heterocycles. The normalized spacial score (nSPS) is 21.3. The van der Waals surface area contributed by atoms with Crippen LogP contribution in [0.4, 0.5) is 0 Å². The van der Waals surface area contributed by atoms with Gasteiger partial charge in [0.25, 0.3) is 0 Å². The zero-order chi connectivity index (χ0) is 15.9. The number of rotatable bonds is 4. The predicted octanol–water partition coefficient (Wildman–Crippen LogP) is 5.43. The van der Waals surface area contributed by atoms with Crippen molar-refractivity contribution in [2.24, 2.45) is 0 Å². The van der Waals surface area contributed by atoms with E-state index < -0.39 is 5.60 Å². The zero-order valence-electron chi connectivity index (χ0n) is 13.6. The number of hydrogen-bond donors (Lipinski definition) is 0. The summed E-state index contributed by atoms with van der Waals surface area (Å²) in [5.41, 5.74) is 6.35. The van der Waals surface area contributed by atoms with Crippen LogP contribution in [-0.4, -0.2) is 6.61 Å². The van der Waals surface area contributed by atoms with Crippen LogP contribution in [0.1, 0.15) is 42.9 Å². The van der Waals surface area contributed by atoms with Crippen molar-refractivity contribution in [3.8, 4) is 0 Å². The molecule has 0 aliphatic heterocycles. The lowest BCUT2D eigenvalue weighted by molar-refractivity contribution is -0.0114. The van der Waals surface area contributed by atoms with E-state index in [0.29, 0.717) is 6.61 Å².